The van der Waals surface area contributed by atoms with Crippen LogP contribution in [0.25, 0.3) is 0 Å². The highest BCUT2D eigenvalue weighted by atomic mass is 16.2. The van der Waals surface area contributed by atoms with Gasteiger partial charge in [-0.15, -0.1) is 0 Å². The number of benzene rings is 1. The van der Waals surface area contributed by atoms with E-state index in [0.29, 0.717) is 24.9 Å². The highest BCUT2D eigenvalue weighted by Gasteiger charge is 2.24. The van der Waals surface area contributed by atoms with Crippen molar-refractivity contribution in [2.45, 2.75) is 51.6 Å². The molecule has 2 amide bonds. The van der Waals surface area contributed by atoms with E-state index in [1.165, 1.54) is 5.56 Å². The Morgan fingerprint density at radius 3 is 2.74 bits per heavy atom. The minimum atomic E-state index is 0.0641. The van der Waals surface area contributed by atoms with Crippen LogP contribution in [-0.4, -0.2) is 41.9 Å². The van der Waals surface area contributed by atoms with Crippen molar-refractivity contribution in [3.05, 3.63) is 29.3 Å². The zero-order chi connectivity index (χ0) is 16.4. The van der Waals surface area contributed by atoms with Gasteiger partial charge in [-0.3, -0.25) is 9.59 Å². The van der Waals surface area contributed by atoms with Crippen LogP contribution in [0.15, 0.2) is 18.2 Å². The fraction of sp³-hybridized carbons (Fsp3) is 0.556. The minimum absolute atomic E-state index is 0.0641. The zero-order valence-electron chi connectivity index (χ0n) is 13.9. The van der Waals surface area contributed by atoms with Crippen LogP contribution in [0.5, 0.6) is 0 Å². The second-order valence-corrected chi connectivity index (χ2v) is 6.84. The summed E-state index contributed by atoms with van der Waals surface area (Å²) in [6, 6.07) is 6.84. The monoisotopic (exact) mass is 315 g/mol. The number of nitrogens with zero attached hydrogens (tertiary/aromatic N) is 1. The van der Waals surface area contributed by atoms with Crippen molar-refractivity contribution in [2.24, 2.45) is 0 Å². The molecule has 5 heteroatoms. The molecule has 2 N–H and O–H groups in total. The van der Waals surface area contributed by atoms with E-state index in [1.807, 2.05) is 17.0 Å². The molecule has 0 spiro atoms. The Bertz CT molecular complexity index is 604. The van der Waals surface area contributed by atoms with Crippen LogP contribution < -0.4 is 10.6 Å². The Hall–Kier alpha value is -1.88. The summed E-state index contributed by atoms with van der Waals surface area (Å²) in [7, 11) is 0. The van der Waals surface area contributed by atoms with Gasteiger partial charge in [-0.2, -0.15) is 0 Å². The van der Waals surface area contributed by atoms with E-state index >= 15 is 0 Å². The van der Waals surface area contributed by atoms with Gasteiger partial charge in [-0.25, -0.2) is 0 Å². The maximum atomic E-state index is 12.4. The standard InChI is InChI=1S/C18H25N3O2/c1-12-10-21(11-13(2)19-12)18(23)5-3-4-14-6-7-16-15(8-14)9-17(22)20-16/h6-8,12-13,19H,3-5,9-11H2,1-2H3,(H,20,22)/t12-,13-/m1/s1. The van der Waals surface area contributed by atoms with Gasteiger partial charge in [0.05, 0.1) is 6.42 Å². The molecule has 2 aliphatic rings. The van der Waals surface area contributed by atoms with Crippen molar-refractivity contribution >= 4 is 17.5 Å². The maximum Gasteiger partial charge on any atom is 0.228 e. The van der Waals surface area contributed by atoms with E-state index in [2.05, 4.69) is 30.5 Å². The molecule has 0 bridgehead atoms. The molecular formula is C18H25N3O2. The van der Waals surface area contributed by atoms with Crippen molar-refractivity contribution in [3.63, 3.8) is 0 Å². The van der Waals surface area contributed by atoms with E-state index in [9.17, 15) is 9.59 Å². The molecule has 1 saturated heterocycles. The van der Waals surface area contributed by atoms with Crippen LogP contribution in [0.2, 0.25) is 0 Å². The molecule has 1 aromatic rings. The third-order valence-electron chi connectivity index (χ3n) is 4.56. The first kappa shape index (κ1) is 16.0. The summed E-state index contributed by atoms with van der Waals surface area (Å²) >= 11 is 0. The first-order valence-corrected chi connectivity index (χ1v) is 8.47. The van der Waals surface area contributed by atoms with Gasteiger partial charge in [0.15, 0.2) is 0 Å². The summed E-state index contributed by atoms with van der Waals surface area (Å²) in [5.41, 5.74) is 3.21. The lowest BCUT2D eigenvalue weighted by Crippen LogP contribution is -2.55. The van der Waals surface area contributed by atoms with Gasteiger partial charge in [-0.1, -0.05) is 12.1 Å². The normalized spacial score (nSPS) is 23.6. The lowest BCUT2D eigenvalue weighted by atomic mass is 10.0. The second kappa shape index (κ2) is 6.71. The molecule has 0 unspecified atom stereocenters. The smallest absolute Gasteiger partial charge is 0.228 e. The topological polar surface area (TPSA) is 61.4 Å². The van der Waals surface area contributed by atoms with Crippen LogP contribution in [0.4, 0.5) is 5.69 Å². The van der Waals surface area contributed by atoms with Gasteiger partial charge in [0.1, 0.15) is 0 Å². The molecule has 2 aliphatic heterocycles. The summed E-state index contributed by atoms with van der Waals surface area (Å²) in [5, 5.41) is 6.29. The van der Waals surface area contributed by atoms with Crippen molar-refractivity contribution in [2.75, 3.05) is 18.4 Å². The van der Waals surface area contributed by atoms with E-state index in [0.717, 1.165) is 37.2 Å². The molecule has 0 aliphatic carbocycles. The molecule has 0 saturated carbocycles. The molecule has 1 fully saturated rings. The van der Waals surface area contributed by atoms with Crippen LogP contribution in [0.3, 0.4) is 0 Å². The molecule has 5 nitrogen and oxygen atoms in total. The summed E-state index contributed by atoms with van der Waals surface area (Å²) in [5.74, 6) is 0.317. The molecule has 1 aromatic carbocycles. The Balaban J connectivity index is 1.49. The SMILES string of the molecule is C[C@@H]1CN(C(=O)CCCc2ccc3c(c2)CC(=O)N3)C[C@@H](C)N1. The fourth-order valence-corrected chi connectivity index (χ4v) is 3.57. The average molecular weight is 315 g/mol. The molecule has 2 atom stereocenters. The molecular weight excluding hydrogens is 290 g/mol. The number of amides is 2. The molecule has 23 heavy (non-hydrogen) atoms. The quantitative estimate of drug-likeness (QED) is 0.889. The average Bonchev–Trinajstić information content (AvgIpc) is 2.85. The van der Waals surface area contributed by atoms with Crippen LogP contribution in [-0.2, 0) is 22.4 Å². The van der Waals surface area contributed by atoms with Gasteiger partial charge in [0.2, 0.25) is 11.8 Å². The van der Waals surface area contributed by atoms with Gasteiger partial charge in [0.25, 0.3) is 0 Å². The highest BCUT2D eigenvalue weighted by molar-refractivity contribution is 5.99. The number of hydrogen-bond acceptors (Lipinski definition) is 3. The van der Waals surface area contributed by atoms with Crippen molar-refractivity contribution in [1.82, 2.24) is 10.2 Å². The van der Waals surface area contributed by atoms with Crippen molar-refractivity contribution in [3.8, 4) is 0 Å². The Kier molecular flexibility index (Phi) is 4.66. The van der Waals surface area contributed by atoms with Crippen LogP contribution in [0, 0.1) is 0 Å². The van der Waals surface area contributed by atoms with E-state index in [-0.39, 0.29) is 11.8 Å². The minimum Gasteiger partial charge on any atom is -0.340 e. The predicted molar refractivity (Wildman–Crippen MR) is 90.4 cm³/mol. The highest BCUT2D eigenvalue weighted by Crippen LogP contribution is 2.24. The van der Waals surface area contributed by atoms with E-state index in [4.69, 9.17) is 0 Å². The number of piperazine rings is 1. The lowest BCUT2D eigenvalue weighted by Gasteiger charge is -2.36. The molecule has 124 valence electrons. The summed E-state index contributed by atoms with van der Waals surface area (Å²) < 4.78 is 0. The fourth-order valence-electron chi connectivity index (χ4n) is 3.57. The van der Waals surface area contributed by atoms with Crippen molar-refractivity contribution < 1.29 is 9.59 Å². The van der Waals surface area contributed by atoms with Gasteiger partial charge in [-0.05, 0) is 43.9 Å². The summed E-state index contributed by atoms with van der Waals surface area (Å²) in [6.07, 6.45) is 2.79. The van der Waals surface area contributed by atoms with Crippen molar-refractivity contribution in [1.29, 1.82) is 0 Å². The number of fused-ring (bicyclic) bond motifs is 1. The van der Waals surface area contributed by atoms with Crippen LogP contribution >= 0.6 is 0 Å². The Morgan fingerprint density at radius 2 is 2.00 bits per heavy atom. The number of nitrogens with one attached hydrogen (secondary N) is 2. The maximum absolute atomic E-state index is 12.4. The summed E-state index contributed by atoms with van der Waals surface area (Å²) in [6.45, 7) is 5.84. The summed E-state index contributed by atoms with van der Waals surface area (Å²) in [4.78, 5) is 25.7. The number of carbonyl (C=O) groups is 2. The Morgan fingerprint density at radius 1 is 1.26 bits per heavy atom. The van der Waals surface area contributed by atoms with Crippen LogP contribution in [0.1, 0.15) is 37.8 Å². The largest absolute Gasteiger partial charge is 0.340 e. The van der Waals surface area contributed by atoms with Gasteiger partial charge in [0, 0.05) is 37.3 Å². The first-order valence-electron chi connectivity index (χ1n) is 8.47. The van der Waals surface area contributed by atoms with Gasteiger partial charge < -0.3 is 15.5 Å². The number of rotatable bonds is 4. The third-order valence-corrected chi connectivity index (χ3v) is 4.56. The lowest BCUT2D eigenvalue weighted by molar-refractivity contribution is -0.133. The first-order chi connectivity index (χ1) is 11.0. The third kappa shape index (κ3) is 3.91. The molecule has 0 radical (unpaired) electrons. The molecule has 2 heterocycles. The number of anilines is 1. The van der Waals surface area contributed by atoms with E-state index in [1.54, 1.807) is 0 Å². The molecule has 0 aromatic heterocycles. The van der Waals surface area contributed by atoms with Gasteiger partial charge >= 0.3 is 0 Å². The number of aryl methyl sites for hydroxylation is 1. The number of hydrogen-bond donors (Lipinski definition) is 2. The molecule has 3 rings (SSSR count). The zero-order valence-corrected chi connectivity index (χ0v) is 13.9. The van der Waals surface area contributed by atoms with E-state index < -0.39 is 0 Å². The second-order valence-electron chi connectivity index (χ2n) is 6.84. The predicted octanol–water partition coefficient (Wildman–Crippen LogP) is 1.71. The number of carbonyl (C=O) groups excluding carboxylic acids is 2. The Labute approximate surface area is 137 Å².